The first kappa shape index (κ1) is 28.6. The fourth-order valence-corrected chi connectivity index (χ4v) is 4.67. The molecule has 0 N–H and O–H groups in total. The van der Waals surface area contributed by atoms with E-state index in [-0.39, 0.29) is 12.3 Å². The largest absolute Gasteiger partial charge is 0.496 e. The normalized spacial score (nSPS) is 11.2. The number of rotatable bonds is 7. The second kappa shape index (κ2) is 11.7. The van der Waals surface area contributed by atoms with Crippen molar-refractivity contribution >= 4 is 17.6 Å². The predicted molar refractivity (Wildman–Crippen MR) is 159 cm³/mol. The van der Waals surface area contributed by atoms with Crippen molar-refractivity contribution in [2.24, 2.45) is 0 Å². The molecule has 0 atom stereocenters. The van der Waals surface area contributed by atoms with E-state index in [9.17, 15) is 9.59 Å². The van der Waals surface area contributed by atoms with Crippen LogP contribution >= 0.6 is 0 Å². The number of amides is 1. The van der Waals surface area contributed by atoms with Crippen molar-refractivity contribution < 1.29 is 19.1 Å². The zero-order chi connectivity index (χ0) is 29.0. The average Bonchev–Trinajstić information content (AvgIpc) is 2.92. The lowest BCUT2D eigenvalue weighted by molar-refractivity contribution is 0.0576. The van der Waals surface area contributed by atoms with Gasteiger partial charge in [0.25, 0.3) is 0 Å². The van der Waals surface area contributed by atoms with Gasteiger partial charge in [-0.1, -0.05) is 54.6 Å². The maximum absolute atomic E-state index is 13.7. The number of carbonyl (C=O) groups excluding carboxylic acids is 2. The number of methoxy groups -OCH3 is 1. The van der Waals surface area contributed by atoms with Crippen molar-refractivity contribution in [3.63, 3.8) is 0 Å². The molecule has 0 bridgehead atoms. The Balaban J connectivity index is 1.91. The molecule has 0 aliphatic rings. The van der Waals surface area contributed by atoms with Crippen molar-refractivity contribution in [1.82, 2.24) is 4.98 Å². The van der Waals surface area contributed by atoms with Crippen LogP contribution in [-0.4, -0.2) is 29.6 Å². The third-order valence-electron chi connectivity index (χ3n) is 6.66. The van der Waals surface area contributed by atoms with Crippen LogP contribution in [0.2, 0.25) is 0 Å². The number of aromatic nitrogens is 1. The molecule has 3 aromatic carbocycles. The fraction of sp³-hybridized carbons (Fsp3) is 0.265. The molecule has 0 radical (unpaired) electrons. The van der Waals surface area contributed by atoms with Crippen molar-refractivity contribution in [3.8, 4) is 16.9 Å². The predicted octanol–water partition coefficient (Wildman–Crippen LogP) is 7.86. The molecule has 4 aromatic rings. The summed E-state index contributed by atoms with van der Waals surface area (Å²) in [5.74, 6) is 0.593. The van der Waals surface area contributed by atoms with Gasteiger partial charge in [0.15, 0.2) is 5.78 Å². The zero-order valence-electron chi connectivity index (χ0n) is 24.2. The molecular formula is C34H36N2O4. The SMILES string of the molecule is COc1c(C)cnc(CN(C(=O)OC(C)(C)C)c2cc(C(=O)c3ccccc3)cc(-c3ccccc3C)c2)c1C. The summed E-state index contributed by atoms with van der Waals surface area (Å²) in [6.45, 7) is 11.5. The summed E-state index contributed by atoms with van der Waals surface area (Å²) in [5.41, 5.74) is 6.14. The number of ketones is 1. The zero-order valence-corrected chi connectivity index (χ0v) is 24.2. The summed E-state index contributed by atoms with van der Waals surface area (Å²) >= 11 is 0. The first-order chi connectivity index (χ1) is 19.0. The molecule has 0 spiro atoms. The number of carbonyl (C=O) groups is 2. The van der Waals surface area contributed by atoms with E-state index < -0.39 is 11.7 Å². The van der Waals surface area contributed by atoms with Crippen LogP contribution in [0.1, 0.15) is 59.1 Å². The van der Waals surface area contributed by atoms with Crippen molar-refractivity contribution in [2.45, 2.75) is 53.7 Å². The van der Waals surface area contributed by atoms with Crippen molar-refractivity contribution in [1.29, 1.82) is 0 Å². The number of anilines is 1. The third-order valence-corrected chi connectivity index (χ3v) is 6.66. The van der Waals surface area contributed by atoms with Gasteiger partial charge in [0.1, 0.15) is 11.4 Å². The highest BCUT2D eigenvalue weighted by Gasteiger charge is 2.27. The van der Waals surface area contributed by atoms with Crippen LogP contribution in [0.4, 0.5) is 10.5 Å². The number of benzene rings is 3. The van der Waals surface area contributed by atoms with Crippen molar-refractivity contribution in [3.05, 3.63) is 113 Å². The van der Waals surface area contributed by atoms with Gasteiger partial charge >= 0.3 is 6.09 Å². The molecule has 1 amide bonds. The van der Waals surface area contributed by atoms with E-state index in [4.69, 9.17) is 9.47 Å². The minimum atomic E-state index is -0.723. The van der Waals surface area contributed by atoms with E-state index in [2.05, 4.69) is 4.98 Å². The standard InChI is InChI=1S/C34H36N2O4/c1-22-13-11-12-16-29(22)26-17-27(31(37)25-14-9-8-10-15-25)19-28(18-26)36(33(38)40-34(4,5)6)21-30-24(3)32(39-7)23(2)20-35-30/h8-20H,21H2,1-7H3. The molecule has 0 unspecified atom stereocenters. The van der Waals surface area contributed by atoms with Gasteiger partial charge in [-0.3, -0.25) is 14.7 Å². The van der Waals surface area contributed by atoms with Crippen LogP contribution in [0.25, 0.3) is 11.1 Å². The van der Waals surface area contributed by atoms with Gasteiger partial charge < -0.3 is 9.47 Å². The Morgan fingerprint density at radius 2 is 1.52 bits per heavy atom. The molecule has 0 aliphatic heterocycles. The van der Waals surface area contributed by atoms with E-state index in [1.165, 1.54) is 0 Å². The van der Waals surface area contributed by atoms with E-state index in [0.717, 1.165) is 33.6 Å². The number of ether oxygens (including phenoxy) is 2. The first-order valence-electron chi connectivity index (χ1n) is 13.3. The minimum absolute atomic E-state index is 0.132. The molecule has 40 heavy (non-hydrogen) atoms. The monoisotopic (exact) mass is 536 g/mol. The first-order valence-corrected chi connectivity index (χ1v) is 13.3. The highest BCUT2D eigenvalue weighted by Crippen LogP contribution is 2.33. The summed E-state index contributed by atoms with van der Waals surface area (Å²) in [5, 5.41) is 0. The molecule has 1 heterocycles. The van der Waals surface area contributed by atoms with E-state index >= 15 is 0 Å². The summed E-state index contributed by atoms with van der Waals surface area (Å²) in [6.07, 6.45) is 1.20. The maximum atomic E-state index is 13.7. The van der Waals surface area contributed by atoms with Crippen LogP contribution in [0, 0.1) is 20.8 Å². The molecule has 6 heteroatoms. The summed E-state index contributed by atoms with van der Waals surface area (Å²) in [4.78, 5) is 33.6. The molecule has 6 nitrogen and oxygen atoms in total. The second-order valence-electron chi connectivity index (χ2n) is 10.9. The Hall–Kier alpha value is -4.45. The Morgan fingerprint density at radius 3 is 2.17 bits per heavy atom. The Kier molecular flexibility index (Phi) is 8.38. The van der Waals surface area contributed by atoms with Crippen molar-refractivity contribution in [2.75, 3.05) is 12.0 Å². The minimum Gasteiger partial charge on any atom is -0.496 e. The highest BCUT2D eigenvalue weighted by atomic mass is 16.6. The van der Waals surface area contributed by atoms with Gasteiger partial charge in [-0.25, -0.2) is 4.79 Å². The van der Waals surface area contributed by atoms with Gasteiger partial charge in [-0.2, -0.15) is 0 Å². The lowest BCUT2D eigenvalue weighted by Gasteiger charge is -2.28. The van der Waals surface area contributed by atoms with Crippen LogP contribution in [0.5, 0.6) is 5.75 Å². The quantitative estimate of drug-likeness (QED) is 0.225. The second-order valence-corrected chi connectivity index (χ2v) is 10.9. The van der Waals surface area contributed by atoms with Gasteiger partial charge in [0, 0.05) is 34.1 Å². The fourth-order valence-electron chi connectivity index (χ4n) is 4.67. The molecule has 4 rings (SSSR count). The van der Waals surface area contributed by atoms with E-state index in [0.29, 0.717) is 22.5 Å². The van der Waals surface area contributed by atoms with Gasteiger partial charge in [0.05, 0.1) is 19.3 Å². The smallest absolute Gasteiger partial charge is 0.415 e. The van der Waals surface area contributed by atoms with Crippen LogP contribution in [-0.2, 0) is 11.3 Å². The maximum Gasteiger partial charge on any atom is 0.415 e. The average molecular weight is 537 g/mol. The third kappa shape index (κ3) is 6.40. The molecule has 1 aromatic heterocycles. The van der Waals surface area contributed by atoms with Crippen LogP contribution in [0.3, 0.4) is 0 Å². The molecule has 0 saturated heterocycles. The summed E-state index contributed by atoms with van der Waals surface area (Å²) < 4.78 is 11.5. The Bertz CT molecular complexity index is 1540. The number of nitrogens with zero attached hydrogens (tertiary/aromatic N) is 2. The summed E-state index contributed by atoms with van der Waals surface area (Å²) in [7, 11) is 1.62. The number of hydrogen-bond donors (Lipinski definition) is 0. The lowest BCUT2D eigenvalue weighted by atomic mass is 9.95. The topological polar surface area (TPSA) is 68.7 Å². The molecular weight excluding hydrogens is 500 g/mol. The van der Waals surface area contributed by atoms with Gasteiger partial charge in [-0.15, -0.1) is 0 Å². The van der Waals surface area contributed by atoms with E-state index in [1.807, 2.05) is 96.1 Å². The Morgan fingerprint density at radius 1 is 0.850 bits per heavy atom. The lowest BCUT2D eigenvalue weighted by Crippen LogP contribution is -2.37. The van der Waals surface area contributed by atoms with Gasteiger partial charge in [-0.05, 0) is 76.4 Å². The molecule has 0 saturated carbocycles. The van der Waals surface area contributed by atoms with Gasteiger partial charge in [0.2, 0.25) is 0 Å². The Labute approximate surface area is 236 Å². The molecule has 0 fully saturated rings. The number of hydrogen-bond acceptors (Lipinski definition) is 5. The molecule has 206 valence electrons. The highest BCUT2D eigenvalue weighted by molar-refractivity contribution is 6.10. The van der Waals surface area contributed by atoms with E-state index in [1.54, 1.807) is 36.4 Å². The molecule has 0 aliphatic carbocycles. The van der Waals surface area contributed by atoms with Crippen LogP contribution in [0.15, 0.2) is 79.0 Å². The number of pyridine rings is 1. The summed E-state index contributed by atoms with van der Waals surface area (Å²) in [6, 6.07) is 22.7. The number of aryl methyl sites for hydroxylation is 2. The van der Waals surface area contributed by atoms with Crippen LogP contribution < -0.4 is 9.64 Å².